The van der Waals surface area contributed by atoms with E-state index in [2.05, 4.69) is 19.1 Å². The summed E-state index contributed by atoms with van der Waals surface area (Å²) in [7, 11) is 0. The zero-order valence-electron chi connectivity index (χ0n) is 14.7. The van der Waals surface area contributed by atoms with Crippen LogP contribution < -0.4 is 9.47 Å². The van der Waals surface area contributed by atoms with E-state index < -0.39 is 0 Å². The molecular formula is C23H17ClO3. The Morgan fingerprint density at radius 2 is 1.74 bits per heavy atom. The third-order valence-corrected chi connectivity index (χ3v) is 4.59. The normalized spacial score (nSPS) is 14.1. The third-order valence-electron chi connectivity index (χ3n) is 4.34. The number of fused-ring (bicyclic) bond motifs is 1. The van der Waals surface area contributed by atoms with E-state index in [1.165, 1.54) is 5.56 Å². The Labute approximate surface area is 162 Å². The van der Waals surface area contributed by atoms with Crippen molar-refractivity contribution in [3.63, 3.8) is 0 Å². The van der Waals surface area contributed by atoms with Gasteiger partial charge in [0.1, 0.15) is 18.1 Å². The Kier molecular flexibility index (Phi) is 4.69. The second-order valence-electron chi connectivity index (χ2n) is 6.42. The Bertz CT molecular complexity index is 1020. The van der Waals surface area contributed by atoms with Crippen LogP contribution in [0.5, 0.6) is 11.5 Å². The topological polar surface area (TPSA) is 35.5 Å². The minimum absolute atomic E-state index is 0.134. The summed E-state index contributed by atoms with van der Waals surface area (Å²) in [5.74, 6) is 1.34. The number of aryl methyl sites for hydroxylation is 1. The molecule has 27 heavy (non-hydrogen) atoms. The number of carbonyl (C=O) groups is 1. The van der Waals surface area contributed by atoms with Crippen molar-refractivity contribution in [3.8, 4) is 11.5 Å². The van der Waals surface area contributed by atoms with Gasteiger partial charge in [-0.05, 0) is 48.4 Å². The quantitative estimate of drug-likeness (QED) is 0.536. The second kappa shape index (κ2) is 7.29. The van der Waals surface area contributed by atoms with Crippen molar-refractivity contribution in [2.75, 3.05) is 0 Å². The molecular weight excluding hydrogens is 360 g/mol. The number of carbonyl (C=O) groups excluding carboxylic acids is 1. The number of rotatable bonds is 4. The summed E-state index contributed by atoms with van der Waals surface area (Å²) in [4.78, 5) is 12.5. The van der Waals surface area contributed by atoms with E-state index in [0.29, 0.717) is 34.5 Å². The van der Waals surface area contributed by atoms with Gasteiger partial charge in [0, 0.05) is 11.1 Å². The molecule has 0 aromatic heterocycles. The summed E-state index contributed by atoms with van der Waals surface area (Å²) in [5.41, 5.74) is 3.69. The van der Waals surface area contributed by atoms with Gasteiger partial charge >= 0.3 is 0 Å². The molecule has 134 valence electrons. The fourth-order valence-electron chi connectivity index (χ4n) is 2.82. The molecule has 0 atom stereocenters. The molecule has 0 amide bonds. The van der Waals surface area contributed by atoms with Crippen LogP contribution in [0.3, 0.4) is 0 Å². The molecule has 4 heteroatoms. The highest BCUT2D eigenvalue weighted by Crippen LogP contribution is 2.35. The van der Waals surface area contributed by atoms with Crippen molar-refractivity contribution in [2.45, 2.75) is 13.5 Å². The van der Waals surface area contributed by atoms with Crippen LogP contribution in [0, 0.1) is 6.92 Å². The van der Waals surface area contributed by atoms with Gasteiger partial charge in [0.05, 0.1) is 5.56 Å². The third kappa shape index (κ3) is 3.88. The standard InChI is InChI=1S/C23H17ClO3/c1-15-2-4-17(5-3-15)14-26-19-10-11-20-21(13-19)27-22(23(20)25)12-16-6-8-18(24)9-7-16/h2-13H,14H2,1H3/b22-12-. The summed E-state index contributed by atoms with van der Waals surface area (Å²) in [6.07, 6.45) is 1.71. The summed E-state index contributed by atoms with van der Waals surface area (Å²) < 4.78 is 11.6. The Balaban J connectivity index is 1.50. The average molecular weight is 377 g/mol. The highest BCUT2D eigenvalue weighted by atomic mass is 35.5. The highest BCUT2D eigenvalue weighted by molar-refractivity contribution is 6.30. The van der Waals surface area contributed by atoms with E-state index in [1.807, 2.05) is 24.3 Å². The smallest absolute Gasteiger partial charge is 0.231 e. The Morgan fingerprint density at radius 1 is 1.00 bits per heavy atom. The number of ether oxygens (including phenoxy) is 2. The predicted octanol–water partition coefficient (Wildman–Crippen LogP) is 5.84. The molecule has 0 bridgehead atoms. The lowest BCUT2D eigenvalue weighted by Gasteiger charge is -2.07. The molecule has 0 unspecified atom stereocenters. The van der Waals surface area contributed by atoms with Gasteiger partial charge in [-0.1, -0.05) is 53.6 Å². The van der Waals surface area contributed by atoms with Crippen molar-refractivity contribution in [2.24, 2.45) is 0 Å². The maximum absolute atomic E-state index is 12.5. The lowest BCUT2D eigenvalue weighted by molar-refractivity contribution is 0.101. The molecule has 3 aromatic carbocycles. The molecule has 3 aromatic rings. The zero-order chi connectivity index (χ0) is 18.8. The van der Waals surface area contributed by atoms with Crippen LogP contribution in [0.25, 0.3) is 6.08 Å². The molecule has 0 saturated carbocycles. The van der Waals surface area contributed by atoms with Crippen molar-refractivity contribution in [1.82, 2.24) is 0 Å². The molecule has 3 nitrogen and oxygen atoms in total. The number of Topliss-reactive ketones (excluding diaryl/α,β-unsaturated/α-hetero) is 1. The van der Waals surface area contributed by atoms with Gasteiger partial charge in [-0.15, -0.1) is 0 Å². The van der Waals surface area contributed by atoms with Crippen LogP contribution in [-0.4, -0.2) is 5.78 Å². The number of benzene rings is 3. The van der Waals surface area contributed by atoms with E-state index in [9.17, 15) is 4.79 Å². The van der Waals surface area contributed by atoms with E-state index in [1.54, 1.807) is 36.4 Å². The minimum Gasteiger partial charge on any atom is -0.489 e. The number of hydrogen-bond donors (Lipinski definition) is 0. The monoisotopic (exact) mass is 376 g/mol. The first-order valence-corrected chi connectivity index (χ1v) is 8.98. The number of hydrogen-bond acceptors (Lipinski definition) is 3. The van der Waals surface area contributed by atoms with Crippen molar-refractivity contribution < 1.29 is 14.3 Å². The molecule has 0 saturated heterocycles. The molecule has 0 aliphatic carbocycles. The molecule has 1 aliphatic heterocycles. The molecule has 0 fully saturated rings. The van der Waals surface area contributed by atoms with E-state index in [-0.39, 0.29) is 5.78 Å². The van der Waals surface area contributed by atoms with Crippen LogP contribution in [0.1, 0.15) is 27.0 Å². The second-order valence-corrected chi connectivity index (χ2v) is 6.86. The first kappa shape index (κ1) is 17.4. The van der Waals surface area contributed by atoms with E-state index in [0.717, 1.165) is 11.1 Å². The summed E-state index contributed by atoms with van der Waals surface area (Å²) in [6.45, 7) is 2.51. The molecule has 0 radical (unpaired) electrons. The molecule has 0 spiro atoms. The lowest BCUT2D eigenvalue weighted by Crippen LogP contribution is -1.98. The van der Waals surface area contributed by atoms with Gasteiger partial charge in [0.2, 0.25) is 5.78 Å². The van der Waals surface area contributed by atoms with Gasteiger partial charge in [0.15, 0.2) is 5.76 Å². The van der Waals surface area contributed by atoms with Gasteiger partial charge in [-0.25, -0.2) is 0 Å². The van der Waals surface area contributed by atoms with Crippen molar-refractivity contribution in [3.05, 3.63) is 99.8 Å². The summed E-state index contributed by atoms with van der Waals surface area (Å²) >= 11 is 5.90. The minimum atomic E-state index is -0.134. The van der Waals surface area contributed by atoms with Crippen molar-refractivity contribution in [1.29, 1.82) is 0 Å². The molecule has 1 aliphatic rings. The first-order chi connectivity index (χ1) is 13.1. The van der Waals surface area contributed by atoms with Crippen LogP contribution in [-0.2, 0) is 6.61 Å². The molecule has 0 N–H and O–H groups in total. The molecule has 4 rings (SSSR count). The fourth-order valence-corrected chi connectivity index (χ4v) is 2.94. The van der Waals surface area contributed by atoms with Gasteiger partial charge < -0.3 is 9.47 Å². The van der Waals surface area contributed by atoms with E-state index >= 15 is 0 Å². The van der Waals surface area contributed by atoms with Gasteiger partial charge in [-0.3, -0.25) is 4.79 Å². The largest absolute Gasteiger partial charge is 0.489 e. The number of halogens is 1. The van der Waals surface area contributed by atoms with Crippen LogP contribution >= 0.6 is 11.6 Å². The predicted molar refractivity (Wildman–Crippen MR) is 106 cm³/mol. The Morgan fingerprint density at radius 3 is 2.48 bits per heavy atom. The van der Waals surface area contributed by atoms with Crippen LogP contribution in [0.2, 0.25) is 5.02 Å². The zero-order valence-corrected chi connectivity index (χ0v) is 15.5. The maximum atomic E-state index is 12.5. The van der Waals surface area contributed by atoms with Crippen LogP contribution in [0.15, 0.2) is 72.5 Å². The Hall–Kier alpha value is -3.04. The van der Waals surface area contributed by atoms with Gasteiger partial charge in [0.25, 0.3) is 0 Å². The van der Waals surface area contributed by atoms with Crippen LogP contribution in [0.4, 0.5) is 0 Å². The maximum Gasteiger partial charge on any atom is 0.231 e. The van der Waals surface area contributed by atoms with Crippen molar-refractivity contribution >= 4 is 23.5 Å². The summed E-state index contributed by atoms with van der Waals surface area (Å²) in [5, 5.41) is 0.648. The highest BCUT2D eigenvalue weighted by Gasteiger charge is 2.27. The lowest BCUT2D eigenvalue weighted by atomic mass is 10.1. The van der Waals surface area contributed by atoms with E-state index in [4.69, 9.17) is 21.1 Å². The number of ketones is 1. The first-order valence-electron chi connectivity index (χ1n) is 8.61. The average Bonchev–Trinajstić information content (AvgIpc) is 2.98. The molecule has 1 heterocycles. The summed E-state index contributed by atoms with van der Waals surface area (Å²) in [6, 6.07) is 20.7. The van der Waals surface area contributed by atoms with Gasteiger partial charge in [-0.2, -0.15) is 0 Å². The number of allylic oxidation sites excluding steroid dienone is 1. The SMILES string of the molecule is Cc1ccc(COc2ccc3c(c2)O/C(=C\c2ccc(Cl)cc2)C3=O)cc1. The fraction of sp³-hybridized carbons (Fsp3) is 0.0870.